The fraction of sp³-hybridized carbons (Fsp3) is 0.900. The Morgan fingerprint density at radius 3 is 0.619 bits per heavy atom. The second kappa shape index (κ2) is 44.2. The quantitative estimate of drug-likeness (QED) is 0.0315. The maximum atomic E-state index is 13.0. The molecule has 54 heteroatoms. The number of ether oxygens (including phenoxy) is 32. The van der Waals surface area contributed by atoms with Crippen LogP contribution in [0.2, 0.25) is 0 Å². The lowest BCUT2D eigenvalue weighted by Crippen LogP contribution is -2.68. The Morgan fingerprint density at radius 2 is 0.388 bits per heavy atom. The highest BCUT2D eigenvalue weighted by atomic mass is 16.8. The zero-order chi connectivity index (χ0) is 94.2. The molecule has 0 aromatic heterocycles. The van der Waals surface area contributed by atoms with E-state index in [9.17, 15) is 110 Å². The summed E-state index contributed by atoms with van der Waals surface area (Å²) < 4.78 is 191. The number of hydrogen-bond donors (Lipinski definition) is 14. The van der Waals surface area contributed by atoms with Gasteiger partial charge in [0.1, 0.15) is 171 Å². The number of esters is 8. The van der Waals surface area contributed by atoms with E-state index in [0.717, 1.165) is 0 Å². The smallest absolute Gasteiger partial charge is 0.335 e. The lowest BCUT2D eigenvalue weighted by molar-refractivity contribution is -0.400. The second-order valence-corrected chi connectivity index (χ2v) is 35.0. The van der Waals surface area contributed by atoms with Gasteiger partial charge in [-0.15, -0.1) is 0 Å². The van der Waals surface area contributed by atoms with Gasteiger partial charge in [-0.1, -0.05) is 0 Å². The molecule has 134 heavy (non-hydrogen) atoms. The monoisotopic (exact) mass is 1940 g/mol. The van der Waals surface area contributed by atoms with Gasteiger partial charge in [0.2, 0.25) is 0 Å². The van der Waals surface area contributed by atoms with Gasteiger partial charge in [-0.3, -0.25) is 0 Å². The molecule has 46 atom stereocenters. The van der Waals surface area contributed by atoms with E-state index in [1.165, 1.54) is 0 Å². The van der Waals surface area contributed by atoms with Crippen LogP contribution in [0.5, 0.6) is 0 Å². The number of cyclic esters (lactones) is 8. The summed E-state index contributed by atoms with van der Waals surface area (Å²) in [7, 11) is 0. The van der Waals surface area contributed by atoms with Crippen LogP contribution < -0.4 is 0 Å². The fourth-order valence-electron chi connectivity index (χ4n) is 18.5. The van der Waals surface area contributed by atoms with E-state index < -0.39 is 396 Å². The average Bonchev–Trinajstić information content (AvgIpc) is 1.19. The summed E-state index contributed by atoms with van der Waals surface area (Å²) in [6.07, 6.45) is -88.9. The molecule has 0 aromatic carbocycles. The summed E-state index contributed by atoms with van der Waals surface area (Å²) in [5.41, 5.74) is 0. The van der Waals surface area contributed by atoms with Crippen molar-refractivity contribution in [2.24, 2.45) is 0 Å². The highest BCUT2D eigenvalue weighted by Crippen LogP contribution is 2.43. The van der Waals surface area contributed by atoms with E-state index in [0.29, 0.717) is 0 Å². The highest BCUT2D eigenvalue weighted by molar-refractivity contribution is 5.79. The Kier molecular flexibility index (Phi) is 32.9. The van der Waals surface area contributed by atoms with Crippen LogP contribution in [0.3, 0.4) is 0 Å². The molecule has 38 heterocycles. The first kappa shape index (κ1) is 99.8. The van der Waals surface area contributed by atoms with Crippen molar-refractivity contribution in [3.05, 3.63) is 0 Å². The van der Waals surface area contributed by atoms with Crippen LogP contribution in [-0.2, 0) is 190 Å². The molecule has 38 rings (SSSR count). The topological polar surface area (TPSA) is 715 Å². The Balaban J connectivity index is 0.710. The van der Waals surface area contributed by atoms with Gasteiger partial charge in [-0.2, -0.15) is 0 Å². The highest BCUT2D eigenvalue weighted by Gasteiger charge is 2.62. The fourth-order valence-corrected chi connectivity index (χ4v) is 18.5. The van der Waals surface area contributed by atoms with Gasteiger partial charge in [0, 0.05) is 64.2 Å². The largest absolute Gasteiger partial charge is 0.464 e. The summed E-state index contributed by atoms with van der Waals surface area (Å²) in [4.78, 5) is 104. The maximum Gasteiger partial charge on any atom is 0.335 e. The minimum Gasteiger partial charge on any atom is -0.464 e. The van der Waals surface area contributed by atoms with E-state index in [-0.39, 0.29) is 104 Å². The van der Waals surface area contributed by atoms with Gasteiger partial charge in [-0.25, -0.2) is 38.4 Å². The van der Waals surface area contributed by atoms with Crippen molar-refractivity contribution >= 4 is 47.8 Å². The van der Waals surface area contributed by atoms with E-state index in [4.69, 9.17) is 152 Å². The van der Waals surface area contributed by atoms with Gasteiger partial charge in [0.15, 0.2) is 99.2 Å². The third-order valence-electron chi connectivity index (χ3n) is 26.0. The standard InChI is InChI=1S/C80H112O54/c81-27-18-46-119-39(20-112-30-2-10-104-67(30)96)59(27)129-76-55(91)49(85)61(41(124-76)22-114-32-4-12-106-69(32)98)130-74-28(82)17-37(38(121-74)19-111-29-1-9-103-66(29)95)120-75-53(89)48(84)62(42(122-75)23-115-33-5-13-107-70(33)99)131-78-56(92)51(87)64(44(125-78)25-117-35-7-15-109-72(35)101)133-80-58(94)52(88)65(45(127-80)26-118-36-8-16-110-73(36)102)134-79-57(93)50(86)63(43(126-79)24-116-34-6-14-108-71(34)100)132-77-54(90)47(83)60(128-46)40(123-77)21-113-31-3-11-105-68(31)97/h27-65,74-94H,1-26H2. The molecule has 38 saturated heterocycles. The van der Waals surface area contributed by atoms with Crippen molar-refractivity contribution in [1.29, 1.82) is 0 Å². The van der Waals surface area contributed by atoms with Crippen molar-refractivity contribution in [3.8, 4) is 0 Å². The number of rotatable bonds is 24. The summed E-state index contributed by atoms with van der Waals surface area (Å²) >= 11 is 0. The van der Waals surface area contributed by atoms with Crippen LogP contribution >= 0.6 is 0 Å². The molecule has 0 spiro atoms. The van der Waals surface area contributed by atoms with Gasteiger partial charge in [0.25, 0.3) is 0 Å². The molecule has 16 bridgehead atoms. The molecule has 14 N–H and O–H groups in total. The molecule has 38 aliphatic heterocycles. The molecule has 0 aromatic rings. The number of aliphatic hydroxyl groups excluding tert-OH is 14. The summed E-state index contributed by atoms with van der Waals surface area (Å²) in [6.45, 7) is -6.73. The van der Waals surface area contributed by atoms with Crippen LogP contribution in [0.15, 0.2) is 0 Å². The van der Waals surface area contributed by atoms with Crippen LogP contribution in [0, 0.1) is 0 Å². The van der Waals surface area contributed by atoms with Gasteiger partial charge in [-0.05, 0) is 0 Å². The third-order valence-corrected chi connectivity index (χ3v) is 26.0. The van der Waals surface area contributed by atoms with E-state index in [2.05, 4.69) is 0 Å². The molecule has 38 aliphatic rings. The van der Waals surface area contributed by atoms with Crippen molar-refractivity contribution < 1.29 is 261 Å². The third kappa shape index (κ3) is 22.3. The van der Waals surface area contributed by atoms with Crippen molar-refractivity contribution in [1.82, 2.24) is 0 Å². The maximum absolute atomic E-state index is 13.0. The van der Waals surface area contributed by atoms with Crippen LogP contribution in [0.1, 0.15) is 64.2 Å². The predicted molar refractivity (Wildman–Crippen MR) is 404 cm³/mol. The normalized spacial score (nSPS) is 48.1. The molecule has 0 aliphatic carbocycles. The lowest BCUT2D eigenvalue weighted by atomic mass is 9.95. The van der Waals surface area contributed by atoms with Gasteiger partial charge < -0.3 is 223 Å². The first-order valence-corrected chi connectivity index (χ1v) is 44.7. The van der Waals surface area contributed by atoms with Crippen LogP contribution in [-0.4, -0.2) is 507 Å². The molecule has 0 radical (unpaired) electrons. The predicted octanol–water partition coefficient (Wildman–Crippen LogP) is -12.6. The average molecular weight is 1940 g/mol. The first-order valence-electron chi connectivity index (χ1n) is 44.7. The molecule has 0 amide bonds. The molecule has 38 fully saturated rings. The molecule has 46 unspecified atom stereocenters. The Labute approximate surface area is 759 Å². The second-order valence-electron chi connectivity index (χ2n) is 35.0. The summed E-state index contributed by atoms with van der Waals surface area (Å²) in [6, 6.07) is 0. The van der Waals surface area contributed by atoms with E-state index in [1.54, 1.807) is 0 Å². The Hall–Kier alpha value is -5.76. The molecular weight excluding hydrogens is 1820 g/mol. The molecular formula is C80H112O54. The number of hydrogen-bond acceptors (Lipinski definition) is 54. The lowest BCUT2D eigenvalue weighted by Gasteiger charge is -2.50. The minimum atomic E-state index is -2.39. The van der Waals surface area contributed by atoms with Crippen molar-refractivity contribution in [2.45, 2.75) is 346 Å². The van der Waals surface area contributed by atoms with E-state index >= 15 is 0 Å². The number of carbonyl (C=O) groups excluding carboxylic acids is 8. The zero-order valence-corrected chi connectivity index (χ0v) is 71.5. The summed E-state index contributed by atoms with van der Waals surface area (Å²) in [5.74, 6) is -6.58. The van der Waals surface area contributed by atoms with E-state index in [1.807, 2.05) is 0 Å². The Bertz CT molecular complexity index is 3970. The van der Waals surface area contributed by atoms with Crippen LogP contribution in [0.25, 0.3) is 0 Å². The van der Waals surface area contributed by atoms with Crippen molar-refractivity contribution in [2.75, 3.05) is 106 Å². The Morgan fingerprint density at radius 1 is 0.194 bits per heavy atom. The van der Waals surface area contributed by atoms with Crippen LogP contribution in [0.4, 0.5) is 0 Å². The minimum absolute atomic E-state index is 0.000988. The molecule has 0 saturated carbocycles. The zero-order valence-electron chi connectivity index (χ0n) is 71.5. The SMILES string of the molecule is O=C1OCCC1OCC1OC2OC3C(COC4CCOC4=O)OC(OC4C(O)CC(OC4COC4CCOC4=O)OC4C(COC5CCOC5=O)OC(OC5C(COC6CCOC6=O)OC(OC6C(COC7CCOC7=O)OC(OC7C(COC8CCOC8=O)OC(OC8C(COC9CCOC9=O)OC(OC1CC2O)C(O)C8O)C(O)C7O)C(O)C6O)C(O)C5O)C(O)C4O)C(O)C3O. The summed E-state index contributed by atoms with van der Waals surface area (Å²) in [5, 5.41) is 173. The molecule has 756 valence electrons. The molecule has 54 nitrogen and oxygen atoms in total. The number of carbonyl (C=O) groups is 8. The first-order chi connectivity index (χ1) is 64.5. The van der Waals surface area contributed by atoms with Gasteiger partial charge in [0.05, 0.1) is 118 Å². The van der Waals surface area contributed by atoms with Gasteiger partial charge >= 0.3 is 47.8 Å². The number of aliphatic hydroxyl groups is 14. The van der Waals surface area contributed by atoms with Crippen molar-refractivity contribution in [3.63, 3.8) is 0 Å².